The van der Waals surface area contributed by atoms with E-state index in [1.54, 1.807) is 9.80 Å². The summed E-state index contributed by atoms with van der Waals surface area (Å²) in [6, 6.07) is 20.4. The van der Waals surface area contributed by atoms with E-state index in [0.717, 1.165) is 22.1 Å². The minimum atomic E-state index is -0.665. The monoisotopic (exact) mass is 479 g/mol. The molecule has 1 aromatic heterocycles. The molecule has 8 heteroatoms. The Morgan fingerprint density at radius 1 is 1.21 bits per heavy atom. The van der Waals surface area contributed by atoms with Crippen molar-refractivity contribution < 1.29 is 14.0 Å². The maximum atomic E-state index is 12.9. The third-order valence-corrected chi connectivity index (χ3v) is 8.37. The number of furan rings is 1. The average molecular weight is 480 g/mol. The van der Waals surface area contributed by atoms with Crippen LogP contribution in [0.1, 0.15) is 12.2 Å². The van der Waals surface area contributed by atoms with Gasteiger partial charge in [0.05, 0.1) is 24.3 Å². The molecule has 6 nitrogen and oxygen atoms in total. The van der Waals surface area contributed by atoms with Crippen LogP contribution in [0.3, 0.4) is 0 Å². The Morgan fingerprint density at radius 2 is 2.03 bits per heavy atom. The quantitative estimate of drug-likeness (QED) is 0.515. The van der Waals surface area contributed by atoms with Gasteiger partial charge in [-0.3, -0.25) is 9.59 Å². The molecule has 0 N–H and O–H groups in total. The van der Waals surface area contributed by atoms with E-state index in [-0.39, 0.29) is 30.8 Å². The molecule has 2 aliphatic rings. The van der Waals surface area contributed by atoms with E-state index in [4.69, 9.17) is 16.0 Å². The fourth-order valence-corrected chi connectivity index (χ4v) is 6.44. The molecule has 2 aromatic carbocycles. The van der Waals surface area contributed by atoms with Crippen LogP contribution in [0.4, 0.5) is 0 Å². The van der Waals surface area contributed by atoms with Gasteiger partial charge >= 0.3 is 0 Å². The summed E-state index contributed by atoms with van der Waals surface area (Å²) in [5.41, 5.74) is 0.999. The van der Waals surface area contributed by atoms with Gasteiger partial charge in [0.15, 0.2) is 0 Å². The van der Waals surface area contributed by atoms with Gasteiger partial charge in [-0.15, -0.1) is 23.4 Å². The number of hydrogen-bond donors (Lipinski definition) is 0. The lowest BCUT2D eigenvalue weighted by atomic mass is 9.90. The number of piperidine rings is 1. The molecule has 33 heavy (non-hydrogen) atoms. The maximum absolute atomic E-state index is 12.9. The van der Waals surface area contributed by atoms with E-state index >= 15 is 0 Å². The maximum Gasteiger partial charge on any atom is 0.237 e. The summed E-state index contributed by atoms with van der Waals surface area (Å²) in [4.78, 5) is 27.7. The second kappa shape index (κ2) is 8.77. The van der Waals surface area contributed by atoms with Crippen molar-refractivity contribution in [2.45, 2.75) is 17.8 Å². The number of halogens is 1. The number of carbonyl (C=O) groups excluding carboxylic acids is 2. The van der Waals surface area contributed by atoms with Crippen LogP contribution in [0.5, 0.6) is 0 Å². The minimum Gasteiger partial charge on any atom is -0.459 e. The first-order chi connectivity index (χ1) is 16.1. The van der Waals surface area contributed by atoms with Crippen molar-refractivity contribution in [3.05, 3.63) is 60.4 Å². The van der Waals surface area contributed by atoms with Gasteiger partial charge in [0, 0.05) is 18.7 Å². The second-order valence-electron chi connectivity index (χ2n) is 8.31. The molecule has 0 aliphatic carbocycles. The number of likely N-dealkylation sites (tertiary alicyclic amines) is 1. The van der Waals surface area contributed by atoms with Gasteiger partial charge in [-0.25, -0.2) is 0 Å². The van der Waals surface area contributed by atoms with Gasteiger partial charge < -0.3 is 14.2 Å². The van der Waals surface area contributed by atoms with Gasteiger partial charge in [0.1, 0.15) is 22.3 Å². The van der Waals surface area contributed by atoms with E-state index in [1.807, 2.05) is 36.4 Å². The lowest BCUT2D eigenvalue weighted by Crippen LogP contribution is -2.58. The average Bonchev–Trinajstić information content (AvgIpc) is 3.44. The highest BCUT2D eigenvalue weighted by Crippen LogP contribution is 2.48. The topological polar surface area (TPSA) is 77.5 Å². The van der Waals surface area contributed by atoms with Crippen molar-refractivity contribution in [3.8, 4) is 17.4 Å². The molecule has 2 unspecified atom stereocenters. The van der Waals surface area contributed by atoms with Crippen LogP contribution in [0.2, 0.25) is 0 Å². The predicted molar refractivity (Wildman–Crippen MR) is 128 cm³/mol. The number of nitriles is 1. The normalized spacial score (nSPS) is 22.8. The van der Waals surface area contributed by atoms with Crippen LogP contribution in [0.25, 0.3) is 22.1 Å². The molecule has 2 atom stereocenters. The number of alkyl halides is 1. The summed E-state index contributed by atoms with van der Waals surface area (Å²) in [6.45, 7) is 1.04. The molecule has 0 saturated carbocycles. The van der Waals surface area contributed by atoms with E-state index in [2.05, 4.69) is 24.3 Å². The van der Waals surface area contributed by atoms with Crippen molar-refractivity contribution in [3.63, 3.8) is 0 Å². The highest BCUT2D eigenvalue weighted by molar-refractivity contribution is 8.01. The van der Waals surface area contributed by atoms with E-state index in [1.165, 1.54) is 11.8 Å². The first kappa shape index (κ1) is 21.9. The first-order valence-electron chi connectivity index (χ1n) is 10.8. The van der Waals surface area contributed by atoms with Crippen molar-refractivity contribution in [1.82, 2.24) is 9.80 Å². The largest absolute Gasteiger partial charge is 0.459 e. The molecule has 2 saturated heterocycles. The molecule has 0 bridgehead atoms. The highest BCUT2D eigenvalue weighted by atomic mass is 35.5. The number of fused-ring (bicyclic) bond motifs is 1. The van der Waals surface area contributed by atoms with Crippen LogP contribution in [-0.4, -0.2) is 51.2 Å². The van der Waals surface area contributed by atoms with Gasteiger partial charge in [-0.05, 0) is 29.3 Å². The summed E-state index contributed by atoms with van der Waals surface area (Å²) in [7, 11) is 0. The number of amides is 2. The van der Waals surface area contributed by atoms with Gasteiger partial charge in [0.25, 0.3) is 0 Å². The summed E-state index contributed by atoms with van der Waals surface area (Å²) < 4.78 is 6.20. The Kier molecular flexibility index (Phi) is 5.81. The van der Waals surface area contributed by atoms with Crippen LogP contribution >= 0.6 is 23.4 Å². The van der Waals surface area contributed by atoms with E-state index < -0.39 is 10.8 Å². The Hall–Kier alpha value is -2.95. The second-order valence-corrected chi connectivity index (χ2v) is 9.86. The van der Waals surface area contributed by atoms with Crippen LogP contribution < -0.4 is 0 Å². The fraction of sp³-hybridized carbons (Fsp3) is 0.320. The minimum absolute atomic E-state index is 0.0134. The molecule has 1 spiro atoms. The fourth-order valence-electron chi connectivity index (χ4n) is 4.85. The predicted octanol–water partition coefficient (Wildman–Crippen LogP) is 4.48. The highest BCUT2D eigenvalue weighted by Gasteiger charge is 2.54. The van der Waals surface area contributed by atoms with E-state index in [0.29, 0.717) is 24.5 Å². The van der Waals surface area contributed by atoms with Gasteiger partial charge in [-0.2, -0.15) is 5.26 Å². The SMILES string of the molecule is N#CC1CN(C(=O)CCl)CCC12SCC(=O)N2Cc1ccc(-c2cccc3ccccc23)o1. The molecule has 168 valence electrons. The Labute approximate surface area is 201 Å². The standard InChI is InChI=1S/C25H22ClN3O3S/c26-12-23(30)28-11-10-25(18(13-27)14-28)29(24(31)16-33-25)15-19-8-9-22(32-19)21-7-3-5-17-4-1-2-6-20(17)21/h1-9,18H,10-12,14-16H2. The van der Waals surface area contributed by atoms with E-state index in [9.17, 15) is 14.9 Å². The molecule has 3 aromatic rings. The summed E-state index contributed by atoms with van der Waals surface area (Å²) in [5, 5.41) is 12.2. The van der Waals surface area contributed by atoms with Crippen LogP contribution in [0.15, 0.2) is 59.0 Å². The van der Waals surface area contributed by atoms with Crippen molar-refractivity contribution in [1.29, 1.82) is 5.26 Å². The third-order valence-electron chi connectivity index (χ3n) is 6.54. The zero-order valence-electron chi connectivity index (χ0n) is 17.9. The third kappa shape index (κ3) is 3.77. The lowest BCUT2D eigenvalue weighted by molar-refractivity contribution is -0.136. The Bertz CT molecular complexity index is 1260. The van der Waals surface area contributed by atoms with Crippen LogP contribution in [0, 0.1) is 17.2 Å². The zero-order valence-corrected chi connectivity index (χ0v) is 19.4. The molecular formula is C25H22ClN3O3S. The molecular weight excluding hydrogens is 458 g/mol. The molecule has 2 amide bonds. The van der Waals surface area contributed by atoms with Crippen molar-refractivity contribution in [2.75, 3.05) is 24.7 Å². The number of thioether (sulfide) groups is 1. The summed E-state index contributed by atoms with van der Waals surface area (Å²) in [6.07, 6.45) is 0.529. The number of rotatable bonds is 4. The molecule has 2 fully saturated rings. The number of carbonyl (C=O) groups is 2. The van der Waals surface area contributed by atoms with Crippen molar-refractivity contribution >= 4 is 45.9 Å². The van der Waals surface area contributed by atoms with Crippen molar-refractivity contribution in [2.24, 2.45) is 5.92 Å². The molecule has 2 aliphatic heterocycles. The number of hydrogen-bond acceptors (Lipinski definition) is 5. The number of benzene rings is 2. The van der Waals surface area contributed by atoms with Gasteiger partial charge in [0.2, 0.25) is 11.8 Å². The molecule has 5 rings (SSSR count). The molecule has 0 radical (unpaired) electrons. The van der Waals surface area contributed by atoms with Gasteiger partial charge in [-0.1, -0.05) is 42.5 Å². The Balaban J connectivity index is 1.42. The Morgan fingerprint density at radius 3 is 2.85 bits per heavy atom. The summed E-state index contributed by atoms with van der Waals surface area (Å²) in [5.74, 6) is 0.933. The smallest absolute Gasteiger partial charge is 0.237 e. The summed E-state index contributed by atoms with van der Waals surface area (Å²) >= 11 is 7.22. The first-order valence-corrected chi connectivity index (χ1v) is 12.3. The lowest BCUT2D eigenvalue weighted by Gasteiger charge is -2.46. The van der Waals surface area contributed by atoms with Crippen LogP contribution in [-0.2, 0) is 16.1 Å². The zero-order chi connectivity index (χ0) is 23.0. The molecule has 3 heterocycles. The number of nitrogens with zero attached hydrogens (tertiary/aromatic N) is 3.